The zero-order valence-corrected chi connectivity index (χ0v) is 27.5. The molecule has 5 atom stereocenters. The molecule has 3 aromatic heterocycles. The Morgan fingerprint density at radius 2 is 2.02 bits per heavy atom. The number of fused-ring (bicyclic) bond motifs is 1. The SMILES string of the molecule is C=CC(=O)N1[C@H](C)CN(c2cc(N[C@@H](C)[C@@H]3CCCN3C)nc(-c3noc([C@@]4(C)CCCc5sc(N)c(C#N)c54)n3)n2)C[C@@H]1C. The second kappa shape index (κ2) is 12.1. The van der Waals surface area contributed by atoms with Crippen LogP contribution >= 0.6 is 11.3 Å². The Labute approximate surface area is 268 Å². The van der Waals surface area contributed by atoms with E-state index in [-0.39, 0.29) is 29.9 Å². The van der Waals surface area contributed by atoms with Gasteiger partial charge in [0.05, 0.1) is 11.0 Å². The molecule has 45 heavy (non-hydrogen) atoms. The number of nitrogens with zero attached hydrogens (tertiary/aromatic N) is 8. The molecule has 2 saturated heterocycles. The second-order valence-electron chi connectivity index (χ2n) is 13.0. The van der Waals surface area contributed by atoms with Gasteiger partial charge in [-0.25, -0.2) is 9.97 Å². The van der Waals surface area contributed by atoms with Crippen LogP contribution in [-0.4, -0.2) is 86.7 Å². The number of hydrogen-bond acceptors (Lipinski definition) is 12. The van der Waals surface area contributed by atoms with E-state index in [1.165, 1.54) is 23.8 Å². The van der Waals surface area contributed by atoms with Gasteiger partial charge in [0.1, 0.15) is 22.7 Å². The fraction of sp³-hybridized carbons (Fsp3) is 0.562. The minimum absolute atomic E-state index is 0.0373. The van der Waals surface area contributed by atoms with E-state index in [9.17, 15) is 10.1 Å². The maximum Gasteiger partial charge on any atom is 0.246 e. The fourth-order valence-electron chi connectivity index (χ4n) is 7.57. The predicted molar refractivity (Wildman–Crippen MR) is 175 cm³/mol. The molecular weight excluding hydrogens is 588 g/mol. The number of thiophene rings is 1. The largest absolute Gasteiger partial charge is 0.389 e. The number of nitrogens with two attached hydrogens (primary N) is 1. The van der Waals surface area contributed by atoms with Gasteiger partial charge in [0.15, 0.2) is 0 Å². The summed E-state index contributed by atoms with van der Waals surface area (Å²) in [6, 6.07) is 4.75. The Hall–Kier alpha value is -4.02. The number of nitrogen functional groups attached to an aromatic ring is 1. The first kappa shape index (κ1) is 31.0. The lowest BCUT2D eigenvalue weighted by atomic mass is 9.72. The van der Waals surface area contributed by atoms with Gasteiger partial charge >= 0.3 is 0 Å². The third-order valence-corrected chi connectivity index (χ3v) is 10.8. The van der Waals surface area contributed by atoms with E-state index in [0.29, 0.717) is 47.2 Å². The quantitative estimate of drug-likeness (QED) is 0.361. The van der Waals surface area contributed by atoms with Crippen molar-refractivity contribution in [2.75, 3.05) is 42.6 Å². The van der Waals surface area contributed by atoms with E-state index in [1.54, 1.807) is 0 Å². The van der Waals surface area contributed by atoms with Gasteiger partial charge in [0, 0.05) is 53.8 Å². The molecule has 2 fully saturated rings. The Kier molecular flexibility index (Phi) is 8.30. The van der Waals surface area contributed by atoms with Gasteiger partial charge in [-0.15, -0.1) is 11.3 Å². The molecule has 2 aliphatic heterocycles. The van der Waals surface area contributed by atoms with Crippen molar-refractivity contribution in [2.24, 2.45) is 0 Å². The molecule has 0 aromatic carbocycles. The lowest BCUT2D eigenvalue weighted by molar-refractivity contribution is -0.130. The summed E-state index contributed by atoms with van der Waals surface area (Å²) in [7, 11) is 2.16. The van der Waals surface area contributed by atoms with Gasteiger partial charge < -0.3 is 30.3 Å². The molecule has 12 nitrogen and oxygen atoms in total. The molecule has 3 N–H and O–H groups in total. The molecule has 3 aliphatic rings. The maximum absolute atomic E-state index is 12.6. The van der Waals surface area contributed by atoms with Crippen LogP contribution in [0.25, 0.3) is 11.6 Å². The zero-order chi connectivity index (χ0) is 32.0. The first-order valence-corrected chi connectivity index (χ1v) is 16.6. The molecule has 3 aromatic rings. The zero-order valence-electron chi connectivity index (χ0n) is 26.7. The number of nitrogens with one attached hydrogen (secondary N) is 1. The smallest absolute Gasteiger partial charge is 0.246 e. The highest BCUT2D eigenvalue weighted by atomic mass is 32.1. The minimum atomic E-state index is -0.642. The van der Waals surface area contributed by atoms with Gasteiger partial charge in [-0.3, -0.25) is 4.79 Å². The fourth-order valence-corrected chi connectivity index (χ4v) is 8.76. The Morgan fingerprint density at radius 1 is 1.27 bits per heavy atom. The average Bonchev–Trinajstić information content (AvgIpc) is 3.75. The van der Waals surface area contributed by atoms with Gasteiger partial charge in [0.25, 0.3) is 0 Å². The van der Waals surface area contributed by atoms with E-state index in [1.807, 2.05) is 31.7 Å². The normalized spacial score (nSPS) is 25.9. The molecule has 6 rings (SSSR count). The number of carbonyl (C=O) groups excluding carboxylic acids is 1. The van der Waals surface area contributed by atoms with Crippen LogP contribution in [0.4, 0.5) is 16.6 Å². The monoisotopic (exact) mass is 630 g/mol. The van der Waals surface area contributed by atoms with Crippen LogP contribution in [0.1, 0.15) is 75.3 Å². The molecule has 1 amide bonds. The molecule has 0 unspecified atom stereocenters. The molecule has 1 aliphatic carbocycles. The highest BCUT2D eigenvalue weighted by molar-refractivity contribution is 7.16. The van der Waals surface area contributed by atoms with Crippen LogP contribution in [0.3, 0.4) is 0 Å². The number of likely N-dealkylation sites (tertiary alicyclic amines) is 1. The molecule has 0 radical (unpaired) electrons. The van der Waals surface area contributed by atoms with Crippen molar-refractivity contribution in [3.63, 3.8) is 0 Å². The van der Waals surface area contributed by atoms with Gasteiger partial charge in [-0.2, -0.15) is 10.2 Å². The molecule has 0 saturated carbocycles. The number of aryl methyl sites for hydroxylation is 1. The molecule has 5 heterocycles. The first-order valence-electron chi connectivity index (χ1n) is 15.8. The summed E-state index contributed by atoms with van der Waals surface area (Å²) >= 11 is 1.47. The summed E-state index contributed by atoms with van der Waals surface area (Å²) in [4.78, 5) is 34.8. The van der Waals surface area contributed by atoms with Crippen LogP contribution in [0, 0.1) is 11.3 Å². The van der Waals surface area contributed by atoms with Crippen molar-refractivity contribution in [3.8, 4) is 17.7 Å². The van der Waals surface area contributed by atoms with E-state index in [0.717, 1.165) is 48.5 Å². The van der Waals surface area contributed by atoms with E-state index in [2.05, 4.69) is 46.9 Å². The number of anilines is 3. The first-order chi connectivity index (χ1) is 21.5. The number of rotatable bonds is 7. The molecular formula is C32H42N10O2S. The maximum atomic E-state index is 12.6. The number of aromatic nitrogens is 4. The number of likely N-dealkylation sites (N-methyl/N-ethyl adjacent to an activating group) is 1. The predicted octanol–water partition coefficient (Wildman–Crippen LogP) is 4.19. The average molecular weight is 631 g/mol. The highest BCUT2D eigenvalue weighted by Gasteiger charge is 2.43. The van der Waals surface area contributed by atoms with Gasteiger partial charge in [0.2, 0.25) is 23.4 Å². The van der Waals surface area contributed by atoms with Gasteiger partial charge in [-0.05, 0) is 79.5 Å². The van der Waals surface area contributed by atoms with E-state index < -0.39 is 5.41 Å². The molecule has 0 spiro atoms. The second-order valence-corrected chi connectivity index (χ2v) is 14.1. The summed E-state index contributed by atoms with van der Waals surface area (Å²) in [5.74, 6) is 2.41. The summed E-state index contributed by atoms with van der Waals surface area (Å²) in [6.45, 7) is 14.3. The van der Waals surface area contributed by atoms with E-state index >= 15 is 0 Å². The summed E-state index contributed by atoms with van der Waals surface area (Å²) in [5, 5.41) is 18.5. The number of carbonyl (C=O) groups is 1. The Morgan fingerprint density at radius 3 is 2.69 bits per heavy atom. The summed E-state index contributed by atoms with van der Waals surface area (Å²) in [6.07, 6.45) is 6.23. The number of hydrogen-bond donors (Lipinski definition) is 2. The Bertz CT molecular complexity index is 1630. The van der Waals surface area contributed by atoms with Crippen molar-refractivity contribution >= 4 is 33.9 Å². The third-order valence-electron chi connectivity index (χ3n) is 9.76. The number of amides is 1. The van der Waals surface area contributed by atoms with Crippen LogP contribution in [-0.2, 0) is 16.6 Å². The minimum Gasteiger partial charge on any atom is -0.389 e. The lowest BCUT2D eigenvalue weighted by Crippen LogP contribution is -2.58. The van der Waals surface area contributed by atoms with Crippen LogP contribution < -0.4 is 16.0 Å². The van der Waals surface area contributed by atoms with Crippen LogP contribution in [0.2, 0.25) is 0 Å². The van der Waals surface area contributed by atoms with E-state index in [4.69, 9.17) is 25.2 Å². The lowest BCUT2D eigenvalue weighted by Gasteiger charge is -2.44. The molecule has 13 heteroatoms. The van der Waals surface area contributed by atoms with Crippen LogP contribution in [0.5, 0.6) is 0 Å². The van der Waals surface area contributed by atoms with Gasteiger partial charge in [-0.1, -0.05) is 11.7 Å². The van der Waals surface area contributed by atoms with Crippen LogP contribution in [0.15, 0.2) is 23.2 Å². The Balaban J connectivity index is 1.37. The summed E-state index contributed by atoms with van der Waals surface area (Å²) in [5.41, 5.74) is 7.01. The van der Waals surface area contributed by atoms with Crippen molar-refractivity contribution < 1.29 is 9.32 Å². The van der Waals surface area contributed by atoms with Crippen molar-refractivity contribution in [2.45, 2.75) is 89.4 Å². The third kappa shape index (κ3) is 5.55. The van der Waals surface area contributed by atoms with Crippen molar-refractivity contribution in [1.29, 1.82) is 5.26 Å². The standard InChI is InChI=1S/C32H42N10O2S/c1-7-26(43)42-18(2)16-41(17-19(42)3)25-14-24(35-20(4)22-10-9-13-40(22)6)36-29(37-25)30-38-31(44-39-30)32(5)12-8-11-23-27(32)21(15-33)28(34)45-23/h7,14,18-20,22H,1,8-13,16-17,34H2,2-6H3,(H,35,36,37)/t18-,19+,20-,22-,32-/m0/s1. The number of piperazine rings is 1. The highest BCUT2D eigenvalue weighted by Crippen LogP contribution is 2.48. The summed E-state index contributed by atoms with van der Waals surface area (Å²) < 4.78 is 5.93. The van der Waals surface area contributed by atoms with Crippen molar-refractivity contribution in [3.05, 3.63) is 40.6 Å². The van der Waals surface area contributed by atoms with Crippen molar-refractivity contribution in [1.82, 2.24) is 29.9 Å². The number of nitriles is 1. The topological polar surface area (TPSA) is 153 Å². The molecule has 238 valence electrons. The molecule has 0 bridgehead atoms.